The Morgan fingerprint density at radius 2 is 0.944 bits per heavy atom. The average Bonchev–Trinajstić information content (AvgIpc) is 3.69. The van der Waals surface area contributed by atoms with Crippen LogP contribution in [0, 0.1) is 0 Å². The molecule has 0 aliphatic carbocycles. The lowest BCUT2D eigenvalue weighted by atomic mass is 9.96. The van der Waals surface area contributed by atoms with Crippen LogP contribution in [-0.2, 0) is 0 Å². The molecule has 0 amide bonds. The van der Waals surface area contributed by atoms with E-state index in [2.05, 4.69) is 193 Å². The number of aromatic nitrogens is 1. The molecule has 0 N–H and O–H groups in total. The third-order valence-corrected chi connectivity index (χ3v) is 10.8. The first-order chi connectivity index (χ1) is 26.7. The second kappa shape index (κ2) is 12.2. The maximum Gasteiger partial charge on any atom is 0.227 e. The topological polar surface area (TPSA) is 29.3 Å². The summed E-state index contributed by atoms with van der Waals surface area (Å²) >= 11 is 0. The molecule has 252 valence electrons. The summed E-state index contributed by atoms with van der Waals surface area (Å²) in [6.07, 6.45) is 0. The summed E-state index contributed by atoms with van der Waals surface area (Å²) < 4.78 is 6.53. The molecule has 10 aromatic carbocycles. The Morgan fingerprint density at radius 1 is 0.370 bits per heavy atom. The number of hydrogen-bond acceptors (Lipinski definition) is 3. The molecule has 1 aromatic heterocycles. The van der Waals surface area contributed by atoms with Gasteiger partial charge in [0, 0.05) is 27.9 Å². The van der Waals surface area contributed by atoms with Crippen LogP contribution in [0.25, 0.3) is 87.5 Å². The lowest BCUT2D eigenvalue weighted by Crippen LogP contribution is -2.10. The van der Waals surface area contributed by atoms with Crippen LogP contribution < -0.4 is 4.90 Å². The van der Waals surface area contributed by atoms with Crippen LogP contribution in [0.4, 0.5) is 17.1 Å². The molecule has 54 heavy (non-hydrogen) atoms. The van der Waals surface area contributed by atoms with Gasteiger partial charge in [-0.15, -0.1) is 0 Å². The smallest absolute Gasteiger partial charge is 0.227 e. The van der Waals surface area contributed by atoms with Gasteiger partial charge in [-0.3, -0.25) is 0 Å². The summed E-state index contributed by atoms with van der Waals surface area (Å²) in [5, 5.41) is 12.3. The fraction of sp³-hybridized carbons (Fsp3) is 0. The summed E-state index contributed by atoms with van der Waals surface area (Å²) in [5.41, 5.74) is 7.98. The fourth-order valence-corrected chi connectivity index (χ4v) is 8.19. The van der Waals surface area contributed by atoms with Gasteiger partial charge in [-0.1, -0.05) is 146 Å². The highest BCUT2D eigenvalue weighted by molar-refractivity contribution is 6.19. The van der Waals surface area contributed by atoms with Crippen molar-refractivity contribution >= 4 is 82.0 Å². The van der Waals surface area contributed by atoms with Gasteiger partial charge in [0.15, 0.2) is 5.58 Å². The van der Waals surface area contributed by atoms with Gasteiger partial charge < -0.3 is 9.32 Å². The number of benzene rings is 10. The Hall–Kier alpha value is -7.23. The molecule has 0 bridgehead atoms. The number of nitrogens with zero attached hydrogens (tertiary/aromatic N) is 2. The van der Waals surface area contributed by atoms with E-state index in [-0.39, 0.29) is 0 Å². The van der Waals surface area contributed by atoms with Crippen molar-refractivity contribution in [2.24, 2.45) is 0 Å². The van der Waals surface area contributed by atoms with E-state index in [0.717, 1.165) is 50.2 Å². The Kier molecular flexibility index (Phi) is 6.86. The average molecular weight is 689 g/mol. The van der Waals surface area contributed by atoms with Gasteiger partial charge in [0.1, 0.15) is 5.52 Å². The van der Waals surface area contributed by atoms with Crippen LogP contribution in [-0.4, -0.2) is 4.98 Å². The Bertz CT molecular complexity index is 3230. The number of anilines is 3. The molecular weight excluding hydrogens is 657 g/mol. The molecule has 3 heteroatoms. The summed E-state index contributed by atoms with van der Waals surface area (Å²) in [4.78, 5) is 7.31. The Balaban J connectivity index is 1.05. The van der Waals surface area contributed by atoms with Crippen molar-refractivity contribution in [3.05, 3.63) is 194 Å². The second-order valence-electron chi connectivity index (χ2n) is 14.0. The fourth-order valence-electron chi connectivity index (χ4n) is 8.19. The van der Waals surface area contributed by atoms with Gasteiger partial charge in [-0.2, -0.15) is 0 Å². The largest absolute Gasteiger partial charge is 0.435 e. The number of rotatable bonds is 5. The molecule has 0 fully saturated rings. The Labute approximate surface area is 312 Å². The van der Waals surface area contributed by atoms with Crippen LogP contribution in [0.1, 0.15) is 0 Å². The molecule has 0 aliphatic heterocycles. The lowest BCUT2D eigenvalue weighted by molar-refractivity contribution is 0.621. The third-order valence-electron chi connectivity index (χ3n) is 10.8. The second-order valence-corrected chi connectivity index (χ2v) is 14.0. The zero-order valence-corrected chi connectivity index (χ0v) is 29.3. The molecule has 0 spiro atoms. The van der Waals surface area contributed by atoms with E-state index in [1.165, 1.54) is 48.5 Å². The van der Waals surface area contributed by atoms with Gasteiger partial charge in [-0.25, -0.2) is 4.98 Å². The normalized spacial score (nSPS) is 11.7. The molecule has 0 aliphatic rings. The van der Waals surface area contributed by atoms with Crippen LogP contribution in [0.15, 0.2) is 199 Å². The quantitative estimate of drug-likeness (QED) is 0.169. The van der Waals surface area contributed by atoms with Crippen molar-refractivity contribution in [3.63, 3.8) is 0 Å². The van der Waals surface area contributed by atoms with Gasteiger partial charge in [0.05, 0.1) is 5.69 Å². The molecular formula is C51H32N2O. The number of hydrogen-bond donors (Lipinski definition) is 0. The molecule has 0 unspecified atom stereocenters. The summed E-state index contributed by atoms with van der Waals surface area (Å²) in [6.45, 7) is 0. The number of oxazole rings is 1. The van der Waals surface area contributed by atoms with E-state index < -0.39 is 0 Å². The minimum absolute atomic E-state index is 0.624. The van der Waals surface area contributed by atoms with Crippen molar-refractivity contribution in [2.75, 3.05) is 4.90 Å². The highest BCUT2D eigenvalue weighted by Crippen LogP contribution is 2.43. The first kappa shape index (κ1) is 30.4. The minimum atomic E-state index is 0.624. The summed E-state index contributed by atoms with van der Waals surface area (Å²) in [7, 11) is 0. The molecule has 0 saturated heterocycles. The SMILES string of the molecule is c1ccc2cc(-c3nc4cccc(-c5ccc(N(c6ccc7ccccc7c6)c6cccc7c6ccc6c8ccccc8ccc76)cc5)c4o3)ccc2c1. The predicted octanol–water partition coefficient (Wildman–Crippen LogP) is 14.4. The van der Waals surface area contributed by atoms with Gasteiger partial charge in [0.25, 0.3) is 0 Å². The third kappa shape index (κ3) is 4.94. The minimum Gasteiger partial charge on any atom is -0.435 e. The van der Waals surface area contributed by atoms with Gasteiger partial charge in [-0.05, 0) is 103 Å². The molecule has 11 rings (SSSR count). The summed E-state index contributed by atoms with van der Waals surface area (Å²) in [6, 6.07) is 69.5. The maximum absolute atomic E-state index is 6.53. The van der Waals surface area contributed by atoms with E-state index in [0.29, 0.717) is 5.89 Å². The molecule has 11 aromatic rings. The highest BCUT2D eigenvalue weighted by atomic mass is 16.3. The van der Waals surface area contributed by atoms with Crippen molar-refractivity contribution in [3.8, 4) is 22.6 Å². The number of fused-ring (bicyclic) bond motifs is 8. The van der Waals surface area contributed by atoms with Gasteiger partial charge >= 0.3 is 0 Å². The standard InChI is InChI=1S/C51H32N2O/c1-3-12-37-31-39(20-19-33(37)9-1)51-52-48-17-7-15-43(50(48)54-51)36-22-25-40(26-23-36)53(41-27-21-34-10-2-4-13-38(34)32-41)49-18-8-16-44-46-28-24-35-11-5-6-14-42(35)45(46)29-30-47(44)49/h1-32H. The van der Waals surface area contributed by atoms with Crippen molar-refractivity contribution in [1.82, 2.24) is 4.98 Å². The monoisotopic (exact) mass is 688 g/mol. The van der Waals surface area contributed by atoms with Crippen molar-refractivity contribution in [1.29, 1.82) is 0 Å². The first-order valence-electron chi connectivity index (χ1n) is 18.4. The van der Waals surface area contributed by atoms with Crippen LogP contribution in [0.2, 0.25) is 0 Å². The Morgan fingerprint density at radius 3 is 1.78 bits per heavy atom. The zero-order valence-electron chi connectivity index (χ0n) is 29.3. The van der Waals surface area contributed by atoms with E-state index in [1.807, 2.05) is 6.07 Å². The predicted molar refractivity (Wildman–Crippen MR) is 227 cm³/mol. The van der Waals surface area contributed by atoms with Crippen LogP contribution in [0.3, 0.4) is 0 Å². The van der Waals surface area contributed by atoms with Crippen LogP contribution in [0.5, 0.6) is 0 Å². The molecule has 3 nitrogen and oxygen atoms in total. The lowest BCUT2D eigenvalue weighted by Gasteiger charge is -2.27. The maximum atomic E-state index is 6.53. The molecule has 0 saturated carbocycles. The van der Waals surface area contributed by atoms with Crippen molar-refractivity contribution < 1.29 is 4.42 Å². The highest BCUT2D eigenvalue weighted by Gasteiger charge is 2.19. The molecule has 1 heterocycles. The summed E-state index contributed by atoms with van der Waals surface area (Å²) in [5.74, 6) is 0.624. The van der Waals surface area contributed by atoms with Gasteiger partial charge in [0.2, 0.25) is 5.89 Å². The molecule has 0 radical (unpaired) electrons. The number of para-hydroxylation sites is 1. The zero-order chi connectivity index (χ0) is 35.6. The van der Waals surface area contributed by atoms with E-state index in [4.69, 9.17) is 9.40 Å². The first-order valence-corrected chi connectivity index (χ1v) is 18.4. The van der Waals surface area contributed by atoms with E-state index in [1.54, 1.807) is 0 Å². The van der Waals surface area contributed by atoms with Crippen molar-refractivity contribution in [2.45, 2.75) is 0 Å². The van der Waals surface area contributed by atoms with E-state index >= 15 is 0 Å². The van der Waals surface area contributed by atoms with E-state index in [9.17, 15) is 0 Å². The van der Waals surface area contributed by atoms with Crippen LogP contribution >= 0.6 is 0 Å². The molecule has 0 atom stereocenters.